The second kappa shape index (κ2) is 10.7. The maximum atomic E-state index is 11.9. The number of benzene rings is 1. The van der Waals surface area contributed by atoms with Gasteiger partial charge in [0.05, 0.1) is 11.4 Å². The van der Waals surface area contributed by atoms with Crippen LogP contribution >= 0.6 is 27.5 Å². The predicted molar refractivity (Wildman–Crippen MR) is 108 cm³/mol. The number of ether oxygens (including phenoxy) is 1. The Kier molecular flexibility index (Phi) is 8.57. The van der Waals surface area contributed by atoms with Crippen LogP contribution in [-0.4, -0.2) is 30.4 Å². The summed E-state index contributed by atoms with van der Waals surface area (Å²) >= 11 is 9.33. The largest absolute Gasteiger partial charge is 0.456 e. The smallest absolute Gasteiger partial charge is 0.306 e. The SMILES string of the molecule is Cc1cc(Br)c(Cl)cc1NC(=O)COC(=O)CCC(=O)NC1CCCCC1. The highest BCUT2D eigenvalue weighted by Gasteiger charge is 2.17. The summed E-state index contributed by atoms with van der Waals surface area (Å²) in [7, 11) is 0. The van der Waals surface area contributed by atoms with Crippen LogP contribution in [0.5, 0.6) is 0 Å². The van der Waals surface area contributed by atoms with Crippen molar-refractivity contribution in [2.75, 3.05) is 11.9 Å². The molecule has 0 aliphatic heterocycles. The summed E-state index contributed by atoms with van der Waals surface area (Å²) in [4.78, 5) is 35.6. The first-order valence-electron chi connectivity index (χ1n) is 9.05. The molecule has 1 aromatic carbocycles. The topological polar surface area (TPSA) is 84.5 Å². The van der Waals surface area contributed by atoms with E-state index in [2.05, 4.69) is 26.6 Å². The summed E-state index contributed by atoms with van der Waals surface area (Å²) < 4.78 is 5.67. The Balaban J connectivity index is 1.68. The fraction of sp³-hybridized carbons (Fsp3) is 0.526. The number of hydrogen-bond donors (Lipinski definition) is 2. The van der Waals surface area contributed by atoms with Crippen molar-refractivity contribution in [2.45, 2.75) is 57.9 Å². The average Bonchev–Trinajstić information content (AvgIpc) is 2.63. The molecule has 27 heavy (non-hydrogen) atoms. The Morgan fingerprint density at radius 1 is 1.15 bits per heavy atom. The van der Waals surface area contributed by atoms with Crippen LogP contribution in [0.15, 0.2) is 16.6 Å². The van der Waals surface area contributed by atoms with E-state index >= 15 is 0 Å². The molecule has 0 radical (unpaired) electrons. The molecule has 1 aliphatic carbocycles. The molecule has 1 fully saturated rings. The van der Waals surface area contributed by atoms with Gasteiger partial charge in [0.15, 0.2) is 6.61 Å². The van der Waals surface area contributed by atoms with Gasteiger partial charge >= 0.3 is 5.97 Å². The Bertz CT molecular complexity index is 705. The van der Waals surface area contributed by atoms with E-state index in [0.29, 0.717) is 10.7 Å². The number of carbonyl (C=O) groups excluding carboxylic acids is 3. The molecule has 0 heterocycles. The molecule has 1 aromatic rings. The van der Waals surface area contributed by atoms with Gasteiger partial charge in [0.2, 0.25) is 5.91 Å². The Labute approximate surface area is 172 Å². The fourth-order valence-electron chi connectivity index (χ4n) is 2.95. The number of nitrogens with one attached hydrogen (secondary N) is 2. The summed E-state index contributed by atoms with van der Waals surface area (Å²) in [5.74, 6) is -1.19. The number of aryl methyl sites for hydroxylation is 1. The molecular formula is C19H24BrClN2O4. The quantitative estimate of drug-likeness (QED) is 0.601. The van der Waals surface area contributed by atoms with Crippen LogP contribution in [0.4, 0.5) is 5.69 Å². The van der Waals surface area contributed by atoms with Gasteiger partial charge in [0.1, 0.15) is 0 Å². The zero-order valence-electron chi connectivity index (χ0n) is 15.3. The highest BCUT2D eigenvalue weighted by molar-refractivity contribution is 9.10. The molecule has 0 atom stereocenters. The minimum atomic E-state index is -0.575. The minimum absolute atomic E-state index is 0.0467. The van der Waals surface area contributed by atoms with E-state index in [4.69, 9.17) is 16.3 Å². The van der Waals surface area contributed by atoms with Gasteiger partial charge in [0.25, 0.3) is 5.91 Å². The molecule has 148 valence electrons. The number of anilines is 1. The normalized spacial score (nSPS) is 14.5. The van der Waals surface area contributed by atoms with Crippen molar-refractivity contribution in [3.63, 3.8) is 0 Å². The lowest BCUT2D eigenvalue weighted by Crippen LogP contribution is -2.36. The molecule has 8 heteroatoms. The fourth-order valence-corrected chi connectivity index (χ4v) is 3.57. The van der Waals surface area contributed by atoms with Crippen molar-refractivity contribution in [2.24, 2.45) is 0 Å². The molecule has 1 saturated carbocycles. The number of hydrogen-bond acceptors (Lipinski definition) is 4. The maximum Gasteiger partial charge on any atom is 0.306 e. The molecule has 0 spiro atoms. The van der Waals surface area contributed by atoms with Gasteiger partial charge in [-0.25, -0.2) is 0 Å². The summed E-state index contributed by atoms with van der Waals surface area (Å²) in [6.07, 6.45) is 5.49. The summed E-state index contributed by atoms with van der Waals surface area (Å²) in [5, 5.41) is 6.07. The van der Waals surface area contributed by atoms with E-state index in [9.17, 15) is 14.4 Å². The monoisotopic (exact) mass is 458 g/mol. The van der Waals surface area contributed by atoms with Gasteiger partial charge in [0, 0.05) is 22.6 Å². The van der Waals surface area contributed by atoms with Crippen LogP contribution in [-0.2, 0) is 19.1 Å². The van der Waals surface area contributed by atoms with Gasteiger partial charge < -0.3 is 15.4 Å². The van der Waals surface area contributed by atoms with Gasteiger partial charge in [-0.1, -0.05) is 30.9 Å². The van der Waals surface area contributed by atoms with Crippen molar-refractivity contribution in [1.29, 1.82) is 0 Å². The van der Waals surface area contributed by atoms with Gasteiger partial charge in [-0.2, -0.15) is 0 Å². The molecule has 1 aliphatic rings. The third kappa shape index (κ3) is 7.50. The number of halogens is 2. The molecule has 6 nitrogen and oxygen atoms in total. The molecule has 0 unspecified atom stereocenters. The predicted octanol–water partition coefficient (Wildman–Crippen LogP) is 4.12. The summed E-state index contributed by atoms with van der Waals surface area (Å²) in [6.45, 7) is 1.42. The van der Waals surface area contributed by atoms with Crippen LogP contribution in [0.2, 0.25) is 5.02 Å². The van der Waals surface area contributed by atoms with Gasteiger partial charge in [-0.15, -0.1) is 0 Å². The standard InChI is InChI=1S/C19H24BrClN2O4/c1-12-9-14(20)15(21)10-16(12)23-18(25)11-27-19(26)8-7-17(24)22-13-5-3-2-4-6-13/h9-10,13H,2-8,11H2,1H3,(H,22,24)(H,23,25). The van der Waals surface area contributed by atoms with E-state index in [0.717, 1.165) is 35.7 Å². The van der Waals surface area contributed by atoms with Crippen molar-refractivity contribution in [3.8, 4) is 0 Å². The van der Waals surface area contributed by atoms with Crippen LogP contribution in [0, 0.1) is 6.92 Å². The molecule has 0 saturated heterocycles. The first kappa shape index (κ1) is 21.7. The summed E-state index contributed by atoms with van der Waals surface area (Å²) in [6, 6.07) is 3.62. The van der Waals surface area contributed by atoms with Crippen LogP contribution in [0.3, 0.4) is 0 Å². The number of amides is 2. The highest BCUT2D eigenvalue weighted by Crippen LogP contribution is 2.28. The number of carbonyl (C=O) groups is 3. The zero-order valence-corrected chi connectivity index (χ0v) is 17.6. The van der Waals surface area contributed by atoms with E-state index in [-0.39, 0.29) is 24.8 Å². The Morgan fingerprint density at radius 2 is 1.85 bits per heavy atom. The van der Waals surface area contributed by atoms with Crippen molar-refractivity contribution in [1.82, 2.24) is 5.32 Å². The lowest BCUT2D eigenvalue weighted by Gasteiger charge is -2.22. The second-order valence-corrected chi connectivity index (χ2v) is 7.95. The van der Waals surface area contributed by atoms with E-state index in [1.165, 1.54) is 6.42 Å². The molecule has 2 N–H and O–H groups in total. The zero-order chi connectivity index (χ0) is 19.8. The second-order valence-electron chi connectivity index (χ2n) is 6.69. The molecular weight excluding hydrogens is 436 g/mol. The first-order chi connectivity index (χ1) is 12.8. The van der Waals surface area contributed by atoms with E-state index in [1.807, 2.05) is 6.92 Å². The van der Waals surface area contributed by atoms with Crippen LogP contribution in [0.1, 0.15) is 50.5 Å². The summed E-state index contributed by atoms with van der Waals surface area (Å²) in [5.41, 5.74) is 1.38. The van der Waals surface area contributed by atoms with Crippen molar-refractivity contribution < 1.29 is 19.1 Å². The lowest BCUT2D eigenvalue weighted by atomic mass is 9.95. The molecule has 2 rings (SSSR count). The molecule has 0 aromatic heterocycles. The van der Waals surface area contributed by atoms with E-state index in [1.54, 1.807) is 12.1 Å². The average molecular weight is 460 g/mol. The lowest BCUT2D eigenvalue weighted by molar-refractivity contribution is -0.148. The van der Waals surface area contributed by atoms with Crippen molar-refractivity contribution in [3.05, 3.63) is 27.2 Å². The first-order valence-corrected chi connectivity index (χ1v) is 10.2. The van der Waals surface area contributed by atoms with Gasteiger partial charge in [-0.3, -0.25) is 14.4 Å². The molecule has 2 amide bonds. The Morgan fingerprint density at radius 3 is 2.56 bits per heavy atom. The van der Waals surface area contributed by atoms with Crippen LogP contribution < -0.4 is 10.6 Å². The van der Waals surface area contributed by atoms with Crippen LogP contribution in [0.25, 0.3) is 0 Å². The van der Waals surface area contributed by atoms with Crippen molar-refractivity contribution >= 4 is 51.0 Å². The minimum Gasteiger partial charge on any atom is -0.456 e. The highest BCUT2D eigenvalue weighted by atomic mass is 79.9. The third-order valence-electron chi connectivity index (χ3n) is 4.43. The number of rotatable bonds is 7. The van der Waals surface area contributed by atoms with E-state index < -0.39 is 18.5 Å². The number of esters is 1. The molecule has 0 bridgehead atoms. The maximum absolute atomic E-state index is 11.9. The Hall–Kier alpha value is -1.60. The third-order valence-corrected chi connectivity index (χ3v) is 5.63. The van der Waals surface area contributed by atoms with Gasteiger partial charge in [-0.05, 0) is 53.4 Å².